The van der Waals surface area contributed by atoms with Gasteiger partial charge in [0.2, 0.25) is 5.95 Å². The van der Waals surface area contributed by atoms with E-state index in [0.717, 1.165) is 49.7 Å². The van der Waals surface area contributed by atoms with Crippen molar-refractivity contribution in [3.8, 4) is 5.75 Å². The van der Waals surface area contributed by atoms with Crippen molar-refractivity contribution in [2.75, 3.05) is 50.2 Å². The fourth-order valence-electron chi connectivity index (χ4n) is 4.09. The van der Waals surface area contributed by atoms with E-state index in [1.807, 2.05) is 36.4 Å². The zero-order valence-corrected chi connectivity index (χ0v) is 18.7. The third kappa shape index (κ3) is 5.11. The maximum atomic E-state index is 13.0. The van der Waals surface area contributed by atoms with Crippen LogP contribution >= 0.6 is 0 Å². The molecule has 32 heavy (non-hydrogen) atoms. The lowest BCUT2D eigenvalue weighted by atomic mass is 10.0. The van der Waals surface area contributed by atoms with Gasteiger partial charge in [-0.1, -0.05) is 36.4 Å². The molecule has 0 atom stereocenters. The third-order valence-corrected chi connectivity index (χ3v) is 5.87. The predicted molar refractivity (Wildman–Crippen MR) is 127 cm³/mol. The highest BCUT2D eigenvalue weighted by Crippen LogP contribution is 2.23. The van der Waals surface area contributed by atoms with Gasteiger partial charge in [-0.2, -0.15) is 0 Å². The van der Waals surface area contributed by atoms with E-state index in [2.05, 4.69) is 33.0 Å². The van der Waals surface area contributed by atoms with Crippen molar-refractivity contribution in [2.24, 2.45) is 0 Å². The molecule has 0 aliphatic carbocycles. The maximum Gasteiger partial charge on any atom is 0.255 e. The lowest BCUT2D eigenvalue weighted by Crippen LogP contribution is -2.47. The van der Waals surface area contributed by atoms with Crippen LogP contribution in [0, 0.1) is 0 Å². The minimum Gasteiger partial charge on any atom is -0.497 e. The SMILES string of the molecule is COCc1nc(N2CCN(c3cccc(OC)c3)CC2)[nH]c(=O)c1CCc1ccccc1. The number of benzene rings is 2. The Bertz CT molecular complexity index is 1080. The zero-order chi connectivity index (χ0) is 22.3. The van der Waals surface area contributed by atoms with Gasteiger partial charge in [0, 0.05) is 50.6 Å². The van der Waals surface area contributed by atoms with Gasteiger partial charge in [-0.25, -0.2) is 4.98 Å². The number of hydrogen-bond acceptors (Lipinski definition) is 6. The molecule has 4 rings (SSSR count). The molecule has 3 aromatic rings. The Morgan fingerprint density at radius 3 is 2.41 bits per heavy atom. The Balaban J connectivity index is 1.47. The number of H-pyrrole nitrogens is 1. The molecule has 7 nitrogen and oxygen atoms in total. The van der Waals surface area contributed by atoms with Gasteiger partial charge in [0.05, 0.1) is 19.4 Å². The van der Waals surface area contributed by atoms with Crippen LogP contribution in [0.25, 0.3) is 0 Å². The van der Waals surface area contributed by atoms with Gasteiger partial charge in [0.1, 0.15) is 5.75 Å². The first-order valence-corrected chi connectivity index (χ1v) is 11.0. The van der Waals surface area contributed by atoms with Crippen LogP contribution in [-0.4, -0.2) is 50.4 Å². The molecule has 1 fully saturated rings. The summed E-state index contributed by atoms with van der Waals surface area (Å²) in [6, 6.07) is 18.3. The highest BCUT2D eigenvalue weighted by molar-refractivity contribution is 5.52. The van der Waals surface area contributed by atoms with Gasteiger partial charge in [-0.3, -0.25) is 9.78 Å². The highest BCUT2D eigenvalue weighted by Gasteiger charge is 2.21. The van der Waals surface area contributed by atoms with Crippen molar-refractivity contribution >= 4 is 11.6 Å². The molecule has 1 saturated heterocycles. The van der Waals surface area contributed by atoms with E-state index in [-0.39, 0.29) is 5.56 Å². The average molecular weight is 435 g/mol. The van der Waals surface area contributed by atoms with Crippen LogP contribution in [0.15, 0.2) is 59.4 Å². The summed E-state index contributed by atoms with van der Waals surface area (Å²) in [7, 11) is 3.32. The molecule has 0 bridgehead atoms. The monoisotopic (exact) mass is 434 g/mol. The first-order valence-electron chi connectivity index (χ1n) is 11.0. The van der Waals surface area contributed by atoms with Crippen LogP contribution in [0.2, 0.25) is 0 Å². The molecule has 0 saturated carbocycles. The highest BCUT2D eigenvalue weighted by atomic mass is 16.5. The molecule has 1 aliphatic heterocycles. The lowest BCUT2D eigenvalue weighted by Gasteiger charge is -2.36. The van der Waals surface area contributed by atoms with Crippen molar-refractivity contribution in [1.82, 2.24) is 9.97 Å². The molecular weight excluding hydrogens is 404 g/mol. The normalized spacial score (nSPS) is 13.9. The number of aromatic nitrogens is 2. The molecule has 0 amide bonds. The Morgan fingerprint density at radius 2 is 1.69 bits per heavy atom. The van der Waals surface area contributed by atoms with Gasteiger partial charge in [0.15, 0.2) is 0 Å². The van der Waals surface area contributed by atoms with Gasteiger partial charge in [-0.05, 0) is 30.5 Å². The van der Waals surface area contributed by atoms with Gasteiger partial charge in [0.25, 0.3) is 5.56 Å². The minimum absolute atomic E-state index is 0.0757. The van der Waals surface area contributed by atoms with Gasteiger partial charge < -0.3 is 19.3 Å². The molecule has 1 aliphatic rings. The molecule has 7 heteroatoms. The Kier molecular flexibility index (Phi) is 7.07. The van der Waals surface area contributed by atoms with Crippen LogP contribution in [0.5, 0.6) is 5.75 Å². The van der Waals surface area contributed by atoms with Crippen LogP contribution in [0.3, 0.4) is 0 Å². The lowest BCUT2D eigenvalue weighted by molar-refractivity contribution is 0.180. The average Bonchev–Trinajstić information content (AvgIpc) is 2.84. The number of rotatable bonds is 8. The molecule has 0 radical (unpaired) electrons. The van der Waals surface area contributed by atoms with Crippen LogP contribution in [0.4, 0.5) is 11.6 Å². The second-order valence-electron chi connectivity index (χ2n) is 7.91. The molecule has 2 aromatic carbocycles. The quantitative estimate of drug-likeness (QED) is 0.588. The van der Waals surface area contributed by atoms with Crippen molar-refractivity contribution < 1.29 is 9.47 Å². The fraction of sp³-hybridized carbons (Fsp3) is 0.360. The van der Waals surface area contributed by atoms with Gasteiger partial charge in [-0.15, -0.1) is 0 Å². The summed E-state index contributed by atoms with van der Waals surface area (Å²) in [4.78, 5) is 25.2. The van der Waals surface area contributed by atoms with Crippen LogP contribution < -0.4 is 20.1 Å². The summed E-state index contributed by atoms with van der Waals surface area (Å²) >= 11 is 0. The maximum absolute atomic E-state index is 13.0. The summed E-state index contributed by atoms with van der Waals surface area (Å²) in [6.07, 6.45) is 1.43. The summed E-state index contributed by atoms with van der Waals surface area (Å²) < 4.78 is 10.7. The topological polar surface area (TPSA) is 70.7 Å². The van der Waals surface area contributed by atoms with E-state index in [4.69, 9.17) is 14.5 Å². The molecule has 1 N–H and O–H groups in total. The van der Waals surface area contributed by atoms with Crippen molar-refractivity contribution in [3.05, 3.63) is 81.8 Å². The number of aryl methyl sites for hydroxylation is 1. The molecule has 0 spiro atoms. The van der Waals surface area contributed by atoms with E-state index in [0.29, 0.717) is 24.5 Å². The van der Waals surface area contributed by atoms with E-state index in [1.54, 1.807) is 14.2 Å². The van der Waals surface area contributed by atoms with E-state index < -0.39 is 0 Å². The molecular formula is C25H30N4O3. The number of ether oxygens (including phenoxy) is 2. The number of anilines is 2. The number of nitrogens with one attached hydrogen (secondary N) is 1. The van der Waals surface area contributed by atoms with E-state index in [9.17, 15) is 4.79 Å². The number of methoxy groups -OCH3 is 2. The summed E-state index contributed by atoms with van der Waals surface area (Å²) in [5.74, 6) is 1.47. The van der Waals surface area contributed by atoms with Gasteiger partial charge >= 0.3 is 0 Å². The second-order valence-corrected chi connectivity index (χ2v) is 7.91. The largest absolute Gasteiger partial charge is 0.497 e. The number of aromatic amines is 1. The summed E-state index contributed by atoms with van der Waals surface area (Å²) in [5.41, 5.74) is 3.69. The van der Waals surface area contributed by atoms with Crippen molar-refractivity contribution in [1.29, 1.82) is 0 Å². The predicted octanol–water partition coefficient (Wildman–Crippen LogP) is 3.04. The zero-order valence-electron chi connectivity index (χ0n) is 18.7. The number of hydrogen-bond donors (Lipinski definition) is 1. The van der Waals surface area contributed by atoms with E-state index in [1.165, 1.54) is 5.56 Å². The third-order valence-electron chi connectivity index (χ3n) is 5.87. The van der Waals surface area contributed by atoms with Crippen molar-refractivity contribution in [3.63, 3.8) is 0 Å². The second kappa shape index (κ2) is 10.3. The minimum atomic E-state index is -0.0757. The van der Waals surface area contributed by atoms with Crippen molar-refractivity contribution in [2.45, 2.75) is 19.4 Å². The molecule has 1 aromatic heterocycles. The van der Waals surface area contributed by atoms with Crippen LogP contribution in [0.1, 0.15) is 16.8 Å². The Hall–Kier alpha value is -3.32. The molecule has 0 unspecified atom stereocenters. The van der Waals surface area contributed by atoms with E-state index >= 15 is 0 Å². The number of piperazine rings is 1. The summed E-state index contributed by atoms with van der Waals surface area (Å²) in [6.45, 7) is 3.55. The fourth-order valence-corrected chi connectivity index (χ4v) is 4.09. The first-order chi connectivity index (χ1) is 15.7. The standard InChI is InChI=1S/C25H30N4O3/c1-31-18-23-22(12-11-19-7-4-3-5-8-19)24(30)27-25(26-23)29-15-13-28(14-16-29)20-9-6-10-21(17-20)32-2/h3-10,17H,11-16,18H2,1-2H3,(H,26,27,30). The first kappa shape index (κ1) is 21.9. The number of nitrogens with zero attached hydrogens (tertiary/aromatic N) is 3. The smallest absolute Gasteiger partial charge is 0.255 e. The molecule has 168 valence electrons. The molecule has 2 heterocycles. The Labute approximate surface area is 188 Å². The summed E-state index contributed by atoms with van der Waals surface area (Å²) in [5, 5.41) is 0. The Morgan fingerprint density at radius 1 is 0.938 bits per heavy atom. The van der Waals surface area contributed by atoms with Crippen LogP contribution in [-0.2, 0) is 24.2 Å².